The van der Waals surface area contributed by atoms with Crippen LogP contribution in [0.2, 0.25) is 0 Å². The summed E-state index contributed by atoms with van der Waals surface area (Å²) in [6.45, 7) is 1.68. The molecule has 1 aromatic heterocycles. The Kier molecular flexibility index (Phi) is 2.27. The molecular weight excluding hydrogens is 180 g/mol. The Balaban J connectivity index is 2.12. The van der Waals surface area contributed by atoms with Crippen LogP contribution < -0.4 is 0 Å². The number of carboxylic acids is 1. The van der Waals surface area contributed by atoms with Gasteiger partial charge in [0.15, 0.2) is 0 Å². The van der Waals surface area contributed by atoms with Crippen LogP contribution >= 0.6 is 0 Å². The van der Waals surface area contributed by atoms with Crippen LogP contribution in [0.3, 0.4) is 0 Å². The topological polar surface area (TPSA) is 55.1 Å². The number of carbonyl (C=O) groups is 1. The summed E-state index contributed by atoms with van der Waals surface area (Å²) < 4.78 is 1.90. The third kappa shape index (κ3) is 1.52. The van der Waals surface area contributed by atoms with Crippen LogP contribution in [-0.2, 0) is 4.79 Å². The van der Waals surface area contributed by atoms with Crippen LogP contribution in [0.25, 0.3) is 0 Å². The van der Waals surface area contributed by atoms with Gasteiger partial charge in [-0.2, -0.15) is 5.10 Å². The van der Waals surface area contributed by atoms with E-state index in [9.17, 15) is 4.79 Å². The molecule has 1 aliphatic rings. The summed E-state index contributed by atoms with van der Waals surface area (Å²) >= 11 is 0. The fourth-order valence-electron chi connectivity index (χ4n) is 1.57. The van der Waals surface area contributed by atoms with E-state index in [0.29, 0.717) is 6.04 Å². The van der Waals surface area contributed by atoms with Crippen LogP contribution in [0, 0.1) is 0 Å². The summed E-state index contributed by atoms with van der Waals surface area (Å²) in [7, 11) is 0. The van der Waals surface area contributed by atoms with E-state index in [4.69, 9.17) is 5.11 Å². The van der Waals surface area contributed by atoms with E-state index < -0.39 is 11.9 Å². The molecule has 76 valence electrons. The molecule has 1 heterocycles. The fourth-order valence-corrected chi connectivity index (χ4v) is 1.57. The monoisotopic (exact) mass is 194 g/mol. The molecule has 2 rings (SSSR count). The maximum atomic E-state index is 10.7. The zero-order chi connectivity index (χ0) is 10.1. The zero-order valence-electron chi connectivity index (χ0n) is 8.18. The van der Waals surface area contributed by atoms with E-state index in [0.717, 1.165) is 5.56 Å². The molecule has 4 heteroatoms. The van der Waals surface area contributed by atoms with Crippen molar-refractivity contribution in [1.29, 1.82) is 0 Å². The van der Waals surface area contributed by atoms with E-state index in [2.05, 4.69) is 5.10 Å². The number of rotatable bonds is 3. The summed E-state index contributed by atoms with van der Waals surface area (Å²) in [6.07, 6.45) is 7.12. The Bertz CT molecular complexity index is 342. The van der Waals surface area contributed by atoms with Crippen LogP contribution in [0.4, 0.5) is 0 Å². The molecule has 0 spiro atoms. The number of carboxylic acid groups (broad SMARTS) is 1. The van der Waals surface area contributed by atoms with Gasteiger partial charge in [-0.3, -0.25) is 9.48 Å². The van der Waals surface area contributed by atoms with Crippen molar-refractivity contribution in [3.8, 4) is 0 Å². The molecule has 1 atom stereocenters. The van der Waals surface area contributed by atoms with Crippen molar-refractivity contribution in [3.63, 3.8) is 0 Å². The van der Waals surface area contributed by atoms with E-state index >= 15 is 0 Å². The smallest absolute Gasteiger partial charge is 0.310 e. The van der Waals surface area contributed by atoms with Crippen LogP contribution in [0.5, 0.6) is 0 Å². The van der Waals surface area contributed by atoms with Crippen molar-refractivity contribution in [2.75, 3.05) is 0 Å². The third-order valence-electron chi connectivity index (χ3n) is 2.94. The van der Waals surface area contributed by atoms with Gasteiger partial charge in [0.1, 0.15) is 0 Å². The zero-order valence-corrected chi connectivity index (χ0v) is 8.18. The highest BCUT2D eigenvalue weighted by molar-refractivity contribution is 5.75. The lowest BCUT2D eigenvalue weighted by atomic mass is 9.93. The molecule has 4 nitrogen and oxygen atoms in total. The highest BCUT2D eigenvalue weighted by atomic mass is 16.4. The molecule has 1 saturated carbocycles. The molecule has 14 heavy (non-hydrogen) atoms. The second-order valence-electron chi connectivity index (χ2n) is 3.90. The van der Waals surface area contributed by atoms with E-state index in [1.807, 2.05) is 10.9 Å². The van der Waals surface area contributed by atoms with Gasteiger partial charge in [0.2, 0.25) is 0 Å². The first-order valence-electron chi connectivity index (χ1n) is 4.95. The van der Waals surface area contributed by atoms with Gasteiger partial charge >= 0.3 is 5.97 Å². The molecule has 1 aliphatic carbocycles. The first kappa shape index (κ1) is 9.24. The van der Waals surface area contributed by atoms with Crippen molar-refractivity contribution < 1.29 is 9.90 Å². The lowest BCUT2D eigenvalue weighted by molar-refractivity contribution is -0.138. The van der Waals surface area contributed by atoms with Gasteiger partial charge in [-0.15, -0.1) is 0 Å². The Labute approximate surface area is 82.5 Å². The molecule has 0 radical (unpaired) electrons. The third-order valence-corrected chi connectivity index (χ3v) is 2.94. The number of aromatic nitrogens is 2. The summed E-state index contributed by atoms with van der Waals surface area (Å²) in [5, 5.41) is 13.0. The Hall–Kier alpha value is -1.32. The quantitative estimate of drug-likeness (QED) is 0.798. The molecule has 0 saturated heterocycles. The molecule has 1 N–H and O–H groups in total. The van der Waals surface area contributed by atoms with Gasteiger partial charge in [-0.25, -0.2) is 0 Å². The Morgan fingerprint density at radius 2 is 2.43 bits per heavy atom. The van der Waals surface area contributed by atoms with Crippen LogP contribution in [0.1, 0.15) is 43.7 Å². The Morgan fingerprint density at radius 3 is 2.93 bits per heavy atom. The normalized spacial score (nSPS) is 18.9. The molecule has 1 unspecified atom stereocenters. The van der Waals surface area contributed by atoms with E-state index in [-0.39, 0.29) is 0 Å². The number of hydrogen-bond donors (Lipinski definition) is 1. The number of aliphatic carboxylic acids is 1. The second kappa shape index (κ2) is 3.44. The van der Waals surface area contributed by atoms with Crippen LogP contribution in [0.15, 0.2) is 12.4 Å². The first-order chi connectivity index (χ1) is 6.68. The van der Waals surface area contributed by atoms with Gasteiger partial charge in [-0.1, -0.05) is 0 Å². The summed E-state index contributed by atoms with van der Waals surface area (Å²) in [5.74, 6) is -1.25. The largest absolute Gasteiger partial charge is 0.481 e. The fraction of sp³-hybridized carbons (Fsp3) is 0.600. The summed E-state index contributed by atoms with van der Waals surface area (Å²) in [4.78, 5) is 10.7. The molecule has 1 aromatic rings. The Morgan fingerprint density at radius 1 is 1.71 bits per heavy atom. The highest BCUT2D eigenvalue weighted by Crippen LogP contribution is 2.31. The van der Waals surface area contributed by atoms with Gasteiger partial charge in [0.05, 0.1) is 18.2 Å². The van der Waals surface area contributed by atoms with Crippen molar-refractivity contribution in [3.05, 3.63) is 18.0 Å². The predicted molar refractivity (Wildman–Crippen MR) is 51.2 cm³/mol. The number of nitrogens with zero attached hydrogens (tertiary/aromatic N) is 2. The van der Waals surface area contributed by atoms with Gasteiger partial charge in [0.25, 0.3) is 0 Å². The maximum absolute atomic E-state index is 10.7. The average Bonchev–Trinajstić information content (AvgIpc) is 2.48. The minimum Gasteiger partial charge on any atom is -0.481 e. The maximum Gasteiger partial charge on any atom is 0.310 e. The van der Waals surface area contributed by atoms with Crippen molar-refractivity contribution in [1.82, 2.24) is 9.78 Å². The molecule has 0 amide bonds. The molecule has 1 fully saturated rings. The van der Waals surface area contributed by atoms with E-state index in [1.54, 1.807) is 13.1 Å². The lowest BCUT2D eigenvalue weighted by Gasteiger charge is -2.25. The van der Waals surface area contributed by atoms with Crippen LogP contribution in [-0.4, -0.2) is 20.9 Å². The minimum absolute atomic E-state index is 0.455. The van der Waals surface area contributed by atoms with Crippen molar-refractivity contribution >= 4 is 5.97 Å². The van der Waals surface area contributed by atoms with E-state index in [1.165, 1.54) is 19.3 Å². The standard InChI is InChI=1S/C10H14N2O2/c1-7(10(13)14)8-5-11-12(6-8)9-3-2-4-9/h5-7,9H,2-4H2,1H3,(H,13,14). The number of hydrogen-bond acceptors (Lipinski definition) is 2. The molecular formula is C10H14N2O2. The minimum atomic E-state index is -0.793. The molecule has 0 aromatic carbocycles. The molecule has 0 bridgehead atoms. The first-order valence-corrected chi connectivity index (χ1v) is 4.95. The summed E-state index contributed by atoms with van der Waals surface area (Å²) in [6, 6.07) is 0.504. The average molecular weight is 194 g/mol. The predicted octanol–water partition coefficient (Wildman–Crippen LogP) is 1.80. The highest BCUT2D eigenvalue weighted by Gasteiger charge is 2.22. The van der Waals surface area contributed by atoms with Gasteiger partial charge < -0.3 is 5.11 Å². The second-order valence-corrected chi connectivity index (χ2v) is 3.90. The summed E-state index contributed by atoms with van der Waals surface area (Å²) in [5.41, 5.74) is 0.796. The molecule has 0 aliphatic heterocycles. The van der Waals surface area contributed by atoms with Gasteiger partial charge in [-0.05, 0) is 26.2 Å². The van der Waals surface area contributed by atoms with Crippen molar-refractivity contribution in [2.24, 2.45) is 0 Å². The SMILES string of the molecule is CC(C(=O)O)c1cnn(C2CCC2)c1. The van der Waals surface area contributed by atoms with Crippen molar-refractivity contribution in [2.45, 2.75) is 38.1 Å². The lowest BCUT2D eigenvalue weighted by Crippen LogP contribution is -2.17. The van der Waals surface area contributed by atoms with Gasteiger partial charge in [0, 0.05) is 11.8 Å².